The second kappa shape index (κ2) is 10.5. The molecule has 30 heavy (non-hydrogen) atoms. The monoisotopic (exact) mass is 442 g/mol. The molecule has 0 saturated heterocycles. The van der Waals surface area contributed by atoms with Crippen LogP contribution < -0.4 is 9.47 Å². The Morgan fingerprint density at radius 2 is 1.93 bits per heavy atom. The molecule has 2 aromatic carbocycles. The molecule has 0 bridgehead atoms. The molecule has 1 amide bonds. The maximum absolute atomic E-state index is 12.8. The normalized spacial score (nSPS) is 10.7. The number of amides is 1. The molecule has 0 saturated carbocycles. The fraction of sp³-hybridized carbons (Fsp3) is 0.304. The van der Waals surface area contributed by atoms with Crippen molar-refractivity contribution in [3.05, 3.63) is 69.7 Å². The van der Waals surface area contributed by atoms with E-state index < -0.39 is 0 Å². The Balaban J connectivity index is 1.60. The highest BCUT2D eigenvalue weighted by molar-refractivity contribution is 7.98. The van der Waals surface area contributed by atoms with Crippen LogP contribution in [0, 0.1) is 6.92 Å². The zero-order chi connectivity index (χ0) is 21.5. The maximum Gasteiger partial charge on any atom is 0.253 e. The van der Waals surface area contributed by atoms with Crippen LogP contribution in [-0.2, 0) is 12.3 Å². The first-order chi connectivity index (χ1) is 14.5. The average Bonchev–Trinajstić information content (AvgIpc) is 3.18. The summed E-state index contributed by atoms with van der Waals surface area (Å²) in [6.45, 7) is 5.01. The molecular weight excluding hydrogens is 416 g/mol. The molecule has 3 rings (SSSR count). The van der Waals surface area contributed by atoms with E-state index in [1.165, 1.54) is 0 Å². The van der Waals surface area contributed by atoms with Gasteiger partial charge < -0.3 is 14.4 Å². The van der Waals surface area contributed by atoms with E-state index in [0.717, 1.165) is 26.9 Å². The van der Waals surface area contributed by atoms with Gasteiger partial charge in [-0.15, -0.1) is 23.1 Å². The van der Waals surface area contributed by atoms with Gasteiger partial charge in [0.25, 0.3) is 5.91 Å². The predicted octanol–water partition coefficient (Wildman–Crippen LogP) is 5.42. The maximum atomic E-state index is 12.8. The molecule has 0 aliphatic carbocycles. The Morgan fingerprint density at radius 3 is 2.57 bits per heavy atom. The predicted molar refractivity (Wildman–Crippen MR) is 123 cm³/mol. The third-order valence-corrected chi connectivity index (χ3v) is 6.32. The number of carbonyl (C=O) groups excluding carboxylic acids is 1. The van der Waals surface area contributed by atoms with E-state index in [4.69, 9.17) is 9.47 Å². The van der Waals surface area contributed by atoms with Crippen molar-refractivity contribution in [1.29, 1.82) is 0 Å². The van der Waals surface area contributed by atoms with Crippen molar-refractivity contribution < 1.29 is 14.3 Å². The Hall–Kier alpha value is -2.51. The molecule has 7 heteroatoms. The summed E-state index contributed by atoms with van der Waals surface area (Å²) in [6, 6.07) is 13.5. The van der Waals surface area contributed by atoms with E-state index >= 15 is 0 Å². The number of hydrogen-bond donors (Lipinski definition) is 0. The first kappa shape index (κ1) is 22.2. The van der Waals surface area contributed by atoms with Crippen LogP contribution in [0.4, 0.5) is 0 Å². The lowest BCUT2D eigenvalue weighted by Gasteiger charge is -2.19. The SMILES string of the molecule is CCOc1ccc(CN(C)C(=O)c2ccc(SCc3csc(C)n3)cc2)cc1OC. The van der Waals surface area contributed by atoms with E-state index in [-0.39, 0.29) is 5.91 Å². The highest BCUT2D eigenvalue weighted by atomic mass is 32.2. The van der Waals surface area contributed by atoms with Gasteiger partial charge >= 0.3 is 0 Å². The molecule has 158 valence electrons. The smallest absolute Gasteiger partial charge is 0.253 e. The fourth-order valence-corrected chi connectivity index (χ4v) is 4.49. The van der Waals surface area contributed by atoms with Crippen molar-refractivity contribution in [2.24, 2.45) is 0 Å². The van der Waals surface area contributed by atoms with Gasteiger partial charge in [0, 0.05) is 35.2 Å². The van der Waals surface area contributed by atoms with Crippen molar-refractivity contribution in [2.75, 3.05) is 20.8 Å². The van der Waals surface area contributed by atoms with Gasteiger partial charge in [-0.05, 0) is 55.8 Å². The van der Waals surface area contributed by atoms with Crippen molar-refractivity contribution in [2.45, 2.75) is 31.0 Å². The number of hydrogen-bond acceptors (Lipinski definition) is 6. The van der Waals surface area contributed by atoms with Crippen LogP contribution >= 0.6 is 23.1 Å². The molecular formula is C23H26N2O3S2. The third-order valence-electron chi connectivity index (χ3n) is 4.45. The second-order valence-electron chi connectivity index (χ2n) is 6.75. The van der Waals surface area contributed by atoms with Gasteiger partial charge in [0.2, 0.25) is 0 Å². The van der Waals surface area contributed by atoms with Crippen LogP contribution in [0.2, 0.25) is 0 Å². The summed E-state index contributed by atoms with van der Waals surface area (Å²) in [7, 11) is 3.42. The number of nitrogens with zero attached hydrogens (tertiary/aromatic N) is 2. The zero-order valence-corrected chi connectivity index (χ0v) is 19.3. The standard InChI is InChI=1S/C23H26N2O3S2/c1-5-28-21-11-6-17(12-22(21)27-4)13-25(3)23(26)18-7-9-20(10-8-18)30-15-19-14-29-16(2)24-19/h6-12,14H,5,13,15H2,1-4H3. The first-order valence-electron chi connectivity index (χ1n) is 9.69. The van der Waals surface area contributed by atoms with Gasteiger partial charge in [-0.1, -0.05) is 6.07 Å². The second-order valence-corrected chi connectivity index (χ2v) is 8.86. The van der Waals surface area contributed by atoms with Crippen LogP contribution in [-0.4, -0.2) is 36.6 Å². The van der Waals surface area contributed by atoms with Crippen LogP contribution in [0.3, 0.4) is 0 Å². The number of benzene rings is 2. The summed E-state index contributed by atoms with van der Waals surface area (Å²) < 4.78 is 11.0. The molecule has 5 nitrogen and oxygen atoms in total. The minimum Gasteiger partial charge on any atom is -0.493 e. The molecule has 0 spiro atoms. The number of thiazole rings is 1. The van der Waals surface area contributed by atoms with E-state index in [2.05, 4.69) is 10.4 Å². The molecule has 0 atom stereocenters. The molecule has 0 aliphatic rings. The Morgan fingerprint density at radius 1 is 1.17 bits per heavy atom. The Kier molecular flexibility index (Phi) is 7.76. The summed E-state index contributed by atoms with van der Waals surface area (Å²) in [5, 5.41) is 3.17. The lowest BCUT2D eigenvalue weighted by Crippen LogP contribution is -2.26. The van der Waals surface area contributed by atoms with Crippen LogP contribution in [0.25, 0.3) is 0 Å². The number of methoxy groups -OCH3 is 1. The minimum atomic E-state index is -0.0190. The number of rotatable bonds is 9. The van der Waals surface area contributed by atoms with E-state index in [1.807, 2.05) is 56.3 Å². The number of aryl methyl sites for hydroxylation is 1. The number of carbonyl (C=O) groups is 1. The van der Waals surface area contributed by atoms with Crippen LogP contribution in [0.5, 0.6) is 11.5 Å². The zero-order valence-electron chi connectivity index (χ0n) is 17.7. The summed E-state index contributed by atoms with van der Waals surface area (Å²) in [5.74, 6) is 2.19. The van der Waals surface area contributed by atoms with Gasteiger partial charge in [0.15, 0.2) is 11.5 Å². The molecule has 0 radical (unpaired) electrons. The lowest BCUT2D eigenvalue weighted by atomic mass is 10.1. The van der Waals surface area contributed by atoms with Crippen LogP contribution in [0.15, 0.2) is 52.7 Å². The molecule has 0 aliphatic heterocycles. The van der Waals surface area contributed by atoms with E-state index in [0.29, 0.717) is 30.2 Å². The van der Waals surface area contributed by atoms with Crippen molar-refractivity contribution in [3.8, 4) is 11.5 Å². The van der Waals surface area contributed by atoms with Gasteiger partial charge in [0.05, 0.1) is 24.4 Å². The van der Waals surface area contributed by atoms with Gasteiger partial charge in [-0.25, -0.2) is 4.98 Å². The van der Waals surface area contributed by atoms with Gasteiger partial charge in [0.1, 0.15) is 0 Å². The lowest BCUT2D eigenvalue weighted by molar-refractivity contribution is 0.0785. The Bertz CT molecular complexity index is 986. The topological polar surface area (TPSA) is 51.7 Å². The van der Waals surface area contributed by atoms with Crippen molar-refractivity contribution in [3.63, 3.8) is 0 Å². The highest BCUT2D eigenvalue weighted by Crippen LogP contribution is 2.29. The fourth-order valence-electron chi connectivity index (χ4n) is 2.98. The van der Waals surface area contributed by atoms with Gasteiger partial charge in [-0.3, -0.25) is 4.79 Å². The average molecular weight is 443 g/mol. The molecule has 0 fully saturated rings. The Labute approximate surface area is 186 Å². The van der Waals surface area contributed by atoms with E-state index in [9.17, 15) is 4.79 Å². The summed E-state index contributed by atoms with van der Waals surface area (Å²) in [4.78, 5) is 20.1. The molecule has 0 unspecified atom stereocenters. The minimum absolute atomic E-state index is 0.0190. The van der Waals surface area contributed by atoms with Crippen molar-refractivity contribution >= 4 is 29.0 Å². The first-order valence-corrected chi connectivity index (χ1v) is 11.6. The summed E-state index contributed by atoms with van der Waals surface area (Å²) in [5.41, 5.74) is 2.74. The third kappa shape index (κ3) is 5.77. The molecule has 3 aromatic rings. The molecule has 1 aromatic heterocycles. The van der Waals surface area contributed by atoms with E-state index in [1.54, 1.807) is 42.2 Å². The van der Waals surface area contributed by atoms with Crippen LogP contribution in [0.1, 0.15) is 33.5 Å². The summed E-state index contributed by atoms with van der Waals surface area (Å²) in [6.07, 6.45) is 0. The van der Waals surface area contributed by atoms with Crippen molar-refractivity contribution in [1.82, 2.24) is 9.88 Å². The van der Waals surface area contributed by atoms with Gasteiger partial charge in [-0.2, -0.15) is 0 Å². The number of aromatic nitrogens is 1. The molecule has 1 heterocycles. The quantitative estimate of drug-likeness (QED) is 0.414. The largest absolute Gasteiger partial charge is 0.493 e. The number of ether oxygens (including phenoxy) is 2. The number of thioether (sulfide) groups is 1. The molecule has 0 N–H and O–H groups in total. The summed E-state index contributed by atoms with van der Waals surface area (Å²) >= 11 is 3.39. The highest BCUT2D eigenvalue weighted by Gasteiger charge is 2.14.